The van der Waals surface area contributed by atoms with E-state index in [1.807, 2.05) is 36.4 Å². The monoisotopic (exact) mass is 576 g/mol. The summed E-state index contributed by atoms with van der Waals surface area (Å²) in [5, 5.41) is 19.6. The van der Waals surface area contributed by atoms with Crippen molar-refractivity contribution in [2.24, 2.45) is 0 Å². The van der Waals surface area contributed by atoms with Crippen LogP contribution in [-0.2, 0) is 10.2 Å². The van der Waals surface area contributed by atoms with Crippen molar-refractivity contribution in [2.75, 3.05) is 32.3 Å². The van der Waals surface area contributed by atoms with E-state index in [9.17, 15) is 10.2 Å². The molecular weight excluding hydrogens is 543 g/mol. The van der Waals surface area contributed by atoms with Crippen LogP contribution in [0.15, 0.2) is 42.5 Å². The van der Waals surface area contributed by atoms with Crippen molar-refractivity contribution in [1.29, 1.82) is 0 Å². The molecule has 0 heterocycles. The van der Waals surface area contributed by atoms with Gasteiger partial charge in [0.1, 0.15) is 36.9 Å². The third kappa shape index (κ3) is 8.37. The lowest BCUT2D eigenvalue weighted by atomic mass is 9.78. The molecule has 0 bridgehead atoms. The summed E-state index contributed by atoms with van der Waals surface area (Å²) in [4.78, 5) is 0. The molecule has 178 valence electrons. The molecule has 0 saturated carbocycles. The second-order valence-corrected chi connectivity index (χ2v) is 9.78. The molecule has 0 aromatic heterocycles. The third-order valence-corrected chi connectivity index (χ3v) is 6.43. The molecular formula is C25H34ClIO5. The largest absolute Gasteiger partial charge is 0.491 e. The van der Waals surface area contributed by atoms with Gasteiger partial charge in [0.25, 0.3) is 0 Å². The van der Waals surface area contributed by atoms with Gasteiger partial charge < -0.3 is 24.4 Å². The summed E-state index contributed by atoms with van der Waals surface area (Å²) in [6.45, 7) is 7.77. The number of benzene rings is 2. The van der Waals surface area contributed by atoms with Crippen LogP contribution in [0.5, 0.6) is 11.5 Å². The fourth-order valence-corrected chi connectivity index (χ4v) is 3.84. The molecule has 0 unspecified atom stereocenters. The molecule has 2 atom stereocenters. The molecule has 0 spiro atoms. The summed E-state index contributed by atoms with van der Waals surface area (Å²) in [5.74, 6) is 1.59. The van der Waals surface area contributed by atoms with Crippen LogP contribution >= 0.6 is 34.2 Å². The van der Waals surface area contributed by atoms with Crippen molar-refractivity contribution in [2.45, 2.75) is 51.2 Å². The van der Waals surface area contributed by atoms with Crippen LogP contribution in [0, 0.1) is 3.57 Å². The lowest BCUT2D eigenvalue weighted by Gasteiger charge is -2.27. The average molecular weight is 577 g/mol. The summed E-state index contributed by atoms with van der Waals surface area (Å²) >= 11 is 7.88. The molecule has 0 saturated heterocycles. The molecule has 2 rings (SSSR count). The van der Waals surface area contributed by atoms with Gasteiger partial charge in [0.15, 0.2) is 0 Å². The maximum Gasteiger partial charge on any atom is 0.132 e. The zero-order valence-corrected chi connectivity index (χ0v) is 21.9. The molecule has 0 amide bonds. The fourth-order valence-electron chi connectivity index (χ4n) is 3.08. The number of rotatable bonds is 14. The maximum atomic E-state index is 9.99. The summed E-state index contributed by atoms with van der Waals surface area (Å²) in [6.07, 6.45) is 0.748. The first kappa shape index (κ1) is 27.2. The number of unbranched alkanes of at least 4 members (excludes halogenated alkanes) is 1. The van der Waals surface area contributed by atoms with Crippen molar-refractivity contribution < 1.29 is 24.4 Å². The van der Waals surface area contributed by atoms with Crippen molar-refractivity contribution >= 4 is 34.2 Å². The predicted molar refractivity (Wildman–Crippen MR) is 137 cm³/mol. The molecule has 2 N–H and O–H groups in total. The first-order valence-electron chi connectivity index (χ1n) is 10.9. The molecule has 7 heteroatoms. The number of ether oxygens (including phenoxy) is 3. The highest BCUT2D eigenvalue weighted by molar-refractivity contribution is 14.1. The van der Waals surface area contributed by atoms with E-state index in [-0.39, 0.29) is 31.1 Å². The summed E-state index contributed by atoms with van der Waals surface area (Å²) in [5.41, 5.74) is 2.08. The number of alkyl halides is 1. The van der Waals surface area contributed by atoms with Gasteiger partial charge in [0, 0.05) is 12.0 Å². The van der Waals surface area contributed by atoms with Crippen LogP contribution in [-0.4, -0.2) is 54.7 Å². The lowest BCUT2D eigenvalue weighted by molar-refractivity contribution is 0.0113. The second kappa shape index (κ2) is 13.6. The zero-order valence-electron chi connectivity index (χ0n) is 19.0. The number of aliphatic hydroxyl groups excluding tert-OH is 2. The Kier molecular flexibility index (Phi) is 11.6. The number of aliphatic hydroxyl groups is 2. The Morgan fingerprint density at radius 2 is 1.59 bits per heavy atom. The minimum absolute atomic E-state index is 0.146. The Morgan fingerprint density at radius 1 is 0.938 bits per heavy atom. The van der Waals surface area contributed by atoms with Gasteiger partial charge in [-0.05, 0) is 64.4 Å². The van der Waals surface area contributed by atoms with Crippen LogP contribution < -0.4 is 9.47 Å². The lowest BCUT2D eigenvalue weighted by Crippen LogP contribution is -2.24. The Bertz CT molecular complexity index is 812. The van der Waals surface area contributed by atoms with E-state index in [0.29, 0.717) is 12.4 Å². The van der Waals surface area contributed by atoms with Gasteiger partial charge in [0.05, 0.1) is 16.1 Å². The van der Waals surface area contributed by atoms with Crippen LogP contribution in [0.1, 0.15) is 44.7 Å². The van der Waals surface area contributed by atoms with Crippen molar-refractivity contribution in [3.63, 3.8) is 0 Å². The van der Waals surface area contributed by atoms with Gasteiger partial charge in [-0.3, -0.25) is 0 Å². The van der Waals surface area contributed by atoms with E-state index >= 15 is 0 Å². The van der Waals surface area contributed by atoms with E-state index in [1.165, 1.54) is 0 Å². The second-order valence-electron chi connectivity index (χ2n) is 8.31. The molecule has 32 heavy (non-hydrogen) atoms. The minimum atomic E-state index is -0.681. The van der Waals surface area contributed by atoms with Crippen molar-refractivity contribution in [1.82, 2.24) is 0 Å². The maximum absolute atomic E-state index is 9.99. The van der Waals surface area contributed by atoms with Gasteiger partial charge in [-0.15, -0.1) is 11.6 Å². The predicted octanol–water partition coefficient (Wildman–Crippen LogP) is 5.15. The van der Waals surface area contributed by atoms with Gasteiger partial charge in [-0.1, -0.05) is 45.4 Å². The highest BCUT2D eigenvalue weighted by Gasteiger charge is 2.24. The van der Waals surface area contributed by atoms with E-state index in [2.05, 4.69) is 49.4 Å². The quantitative estimate of drug-likeness (QED) is 0.185. The van der Waals surface area contributed by atoms with E-state index in [4.69, 9.17) is 25.8 Å². The summed E-state index contributed by atoms with van der Waals surface area (Å²) < 4.78 is 17.8. The van der Waals surface area contributed by atoms with Crippen LogP contribution in [0.2, 0.25) is 0 Å². The van der Waals surface area contributed by atoms with Gasteiger partial charge in [-0.25, -0.2) is 0 Å². The smallest absolute Gasteiger partial charge is 0.132 e. The molecule has 0 fully saturated rings. The number of hydrogen-bond donors (Lipinski definition) is 2. The molecule has 0 aliphatic rings. The topological polar surface area (TPSA) is 68.2 Å². The summed E-state index contributed by atoms with van der Waals surface area (Å²) in [6, 6.07) is 14.0. The van der Waals surface area contributed by atoms with Gasteiger partial charge >= 0.3 is 0 Å². The van der Waals surface area contributed by atoms with Crippen LogP contribution in [0.4, 0.5) is 0 Å². The van der Waals surface area contributed by atoms with Gasteiger partial charge in [-0.2, -0.15) is 0 Å². The third-order valence-electron chi connectivity index (χ3n) is 5.23. The van der Waals surface area contributed by atoms with Crippen molar-refractivity contribution in [3.05, 3.63) is 57.2 Å². The number of halogens is 2. The fraction of sp³-hybridized carbons (Fsp3) is 0.520. The Morgan fingerprint density at radius 3 is 2.22 bits per heavy atom. The van der Waals surface area contributed by atoms with E-state index in [1.54, 1.807) is 0 Å². The highest BCUT2D eigenvalue weighted by Crippen LogP contribution is 2.35. The van der Waals surface area contributed by atoms with Gasteiger partial charge in [0.2, 0.25) is 0 Å². The Labute approximate surface area is 210 Å². The van der Waals surface area contributed by atoms with Crippen LogP contribution in [0.3, 0.4) is 0 Å². The normalized spacial score (nSPS) is 13.6. The molecule has 0 aliphatic carbocycles. The summed E-state index contributed by atoms with van der Waals surface area (Å²) in [7, 11) is 0. The molecule has 2 aromatic carbocycles. The SMILES string of the molecule is CCCCOC[C@H](O)COc1ccc(C(C)(C)c2ccc(OC[C@H](O)CCl)c(I)c2)cc1. The van der Waals surface area contributed by atoms with Crippen molar-refractivity contribution in [3.8, 4) is 11.5 Å². The Balaban J connectivity index is 1.96. The first-order valence-corrected chi connectivity index (χ1v) is 12.5. The van der Waals surface area contributed by atoms with Crippen LogP contribution in [0.25, 0.3) is 0 Å². The first-order chi connectivity index (χ1) is 15.3. The zero-order chi connectivity index (χ0) is 23.6. The average Bonchev–Trinajstić information content (AvgIpc) is 2.79. The highest BCUT2D eigenvalue weighted by atomic mass is 127. The molecule has 0 aliphatic heterocycles. The molecule has 5 nitrogen and oxygen atoms in total. The van der Waals surface area contributed by atoms with E-state index < -0.39 is 12.2 Å². The molecule has 0 radical (unpaired) electrons. The standard InChI is InChI=1S/C25H34ClIO5/c1-4-5-12-30-15-21(29)17-31-22-9-6-18(7-10-22)25(2,3)19-8-11-24(23(27)13-19)32-16-20(28)14-26/h6-11,13,20-21,28-29H,4-5,12,14-17H2,1-3H3/t20-,21+/m1/s1. The molecule has 2 aromatic rings. The van der Waals surface area contributed by atoms with E-state index in [0.717, 1.165) is 33.3 Å². The number of hydrogen-bond acceptors (Lipinski definition) is 5. The Hall–Kier alpha value is -1.06. The minimum Gasteiger partial charge on any atom is -0.491 e.